The van der Waals surface area contributed by atoms with Crippen LogP contribution in [0.25, 0.3) is 0 Å². The van der Waals surface area contributed by atoms with Gasteiger partial charge in [-0.15, -0.1) is 0 Å². The maximum Gasteiger partial charge on any atom is 0.165 e. The van der Waals surface area contributed by atoms with Crippen LogP contribution in [0.5, 0.6) is 5.75 Å². The largest absolute Gasteiger partial charge is 0.550 e. The molecule has 1 aromatic heterocycles. The Bertz CT molecular complexity index is 794. The number of ether oxygens (including phenoxy) is 1. The first-order valence-electron chi connectivity index (χ1n) is 6.89. The number of hydrogen-bond donors (Lipinski definition) is 1. The number of carboxylic acid groups (broad SMARTS) is 1. The van der Waals surface area contributed by atoms with Crippen molar-refractivity contribution >= 4 is 40.7 Å². The molecule has 0 aliphatic heterocycles. The molecule has 1 N–H and O–H groups in total. The fourth-order valence-corrected chi connectivity index (χ4v) is 2.42. The molecule has 0 radical (unpaired) electrons. The molecule has 0 saturated carbocycles. The zero-order valence-electron chi connectivity index (χ0n) is 13.0. The van der Waals surface area contributed by atoms with Gasteiger partial charge in [0.1, 0.15) is 5.75 Å². The lowest BCUT2D eigenvalue weighted by Crippen LogP contribution is -2.24. The van der Waals surface area contributed by atoms with Crippen molar-refractivity contribution in [2.24, 2.45) is 5.10 Å². The number of pyridine rings is 1. The quantitative estimate of drug-likeness (QED) is 0.626. The van der Waals surface area contributed by atoms with Crippen molar-refractivity contribution in [1.82, 2.24) is 4.98 Å². The maximum atomic E-state index is 10.9. The number of carbonyl (C=O) groups is 1. The second-order valence-electron chi connectivity index (χ2n) is 4.87. The molecule has 0 unspecified atom stereocenters. The zero-order valence-corrected chi connectivity index (χ0v) is 14.5. The highest BCUT2D eigenvalue weighted by molar-refractivity contribution is 6.35. The summed E-state index contributed by atoms with van der Waals surface area (Å²) in [7, 11) is 1.48. The van der Waals surface area contributed by atoms with Crippen molar-refractivity contribution in [1.29, 1.82) is 0 Å². The Kier molecular flexibility index (Phi) is 6.00. The Morgan fingerprint density at radius 1 is 1.38 bits per heavy atom. The topological polar surface area (TPSA) is 86.6 Å². The lowest BCUT2D eigenvalue weighted by molar-refractivity contribution is -0.304. The van der Waals surface area contributed by atoms with E-state index in [1.165, 1.54) is 13.3 Å². The number of nitrogens with zero attached hydrogens (tertiary/aromatic N) is 2. The summed E-state index contributed by atoms with van der Waals surface area (Å²) in [5.41, 5.74) is 4.60. The standard InChI is InChI=1S/C16H15Cl2N3O3/c1-9(20-21-16-13(18)7-12(17)8-19-16)10-3-4-14(24-2)11(5-10)6-15(22)23/h3-5,7-8H,6H2,1-2H3,(H,19,21)(H,22,23)/p-1/b20-9-. The molecule has 0 aliphatic carbocycles. The molecule has 0 fully saturated rings. The van der Waals surface area contributed by atoms with Gasteiger partial charge in [0.25, 0.3) is 0 Å². The Morgan fingerprint density at radius 3 is 2.75 bits per heavy atom. The molecule has 0 bridgehead atoms. The van der Waals surface area contributed by atoms with Crippen molar-refractivity contribution in [3.63, 3.8) is 0 Å². The number of benzene rings is 1. The van der Waals surface area contributed by atoms with Crippen LogP contribution in [0.2, 0.25) is 10.0 Å². The number of aliphatic carboxylic acids is 1. The Balaban J connectivity index is 2.24. The zero-order chi connectivity index (χ0) is 17.7. The van der Waals surface area contributed by atoms with E-state index < -0.39 is 5.97 Å². The van der Waals surface area contributed by atoms with Crippen molar-refractivity contribution in [2.45, 2.75) is 13.3 Å². The molecule has 0 aliphatic rings. The van der Waals surface area contributed by atoms with Gasteiger partial charge in [-0.05, 0) is 36.8 Å². The van der Waals surface area contributed by atoms with Gasteiger partial charge in [0, 0.05) is 24.2 Å². The predicted octanol–water partition coefficient (Wildman–Crippen LogP) is 2.53. The van der Waals surface area contributed by atoms with Gasteiger partial charge >= 0.3 is 0 Å². The number of anilines is 1. The fourth-order valence-electron chi connectivity index (χ4n) is 2.00. The van der Waals surface area contributed by atoms with E-state index in [0.29, 0.717) is 32.9 Å². The highest BCUT2D eigenvalue weighted by atomic mass is 35.5. The minimum Gasteiger partial charge on any atom is -0.550 e. The summed E-state index contributed by atoms with van der Waals surface area (Å²) in [5, 5.41) is 15.8. The van der Waals surface area contributed by atoms with Crippen LogP contribution < -0.4 is 15.3 Å². The molecule has 0 amide bonds. The molecule has 24 heavy (non-hydrogen) atoms. The highest BCUT2D eigenvalue weighted by Crippen LogP contribution is 2.23. The number of methoxy groups -OCH3 is 1. The van der Waals surface area contributed by atoms with Gasteiger partial charge in [-0.25, -0.2) is 4.98 Å². The normalized spacial score (nSPS) is 11.2. The lowest BCUT2D eigenvalue weighted by Gasteiger charge is -2.11. The van der Waals surface area contributed by atoms with Crippen LogP contribution in [0.15, 0.2) is 35.6 Å². The van der Waals surface area contributed by atoms with Gasteiger partial charge in [0.05, 0.1) is 22.9 Å². The summed E-state index contributed by atoms with van der Waals surface area (Å²) in [6, 6.07) is 6.69. The number of nitrogens with one attached hydrogen (secondary N) is 1. The van der Waals surface area contributed by atoms with Crippen LogP contribution in [0.4, 0.5) is 5.82 Å². The van der Waals surface area contributed by atoms with E-state index in [-0.39, 0.29) is 6.42 Å². The van der Waals surface area contributed by atoms with E-state index in [4.69, 9.17) is 27.9 Å². The van der Waals surface area contributed by atoms with Crippen molar-refractivity contribution in [3.8, 4) is 5.75 Å². The Morgan fingerprint density at radius 2 is 2.12 bits per heavy atom. The minimum atomic E-state index is -1.18. The van der Waals surface area contributed by atoms with E-state index in [0.717, 1.165) is 5.56 Å². The summed E-state index contributed by atoms with van der Waals surface area (Å²) >= 11 is 11.8. The number of rotatable bonds is 6. The molecule has 6 nitrogen and oxygen atoms in total. The average molecular weight is 367 g/mol. The van der Waals surface area contributed by atoms with E-state index >= 15 is 0 Å². The van der Waals surface area contributed by atoms with Crippen LogP contribution in [0.3, 0.4) is 0 Å². The van der Waals surface area contributed by atoms with Gasteiger partial charge in [-0.3, -0.25) is 5.43 Å². The van der Waals surface area contributed by atoms with Crippen LogP contribution >= 0.6 is 23.2 Å². The Hall–Kier alpha value is -2.31. The van der Waals surface area contributed by atoms with Crippen LogP contribution in [-0.4, -0.2) is 23.8 Å². The van der Waals surface area contributed by atoms with Crippen LogP contribution in [0, 0.1) is 0 Å². The first-order valence-corrected chi connectivity index (χ1v) is 7.64. The van der Waals surface area contributed by atoms with Crippen LogP contribution in [0.1, 0.15) is 18.1 Å². The van der Waals surface area contributed by atoms with Gasteiger partial charge in [0.15, 0.2) is 5.82 Å². The SMILES string of the molecule is COc1ccc(/C(C)=N\Nc2ncc(Cl)cc2Cl)cc1CC(=O)[O-]. The number of carboxylic acids is 1. The number of aromatic nitrogens is 1. The molecule has 2 aromatic rings. The molecule has 2 rings (SSSR count). The smallest absolute Gasteiger partial charge is 0.165 e. The van der Waals surface area contributed by atoms with Crippen LogP contribution in [-0.2, 0) is 11.2 Å². The van der Waals surface area contributed by atoms with Gasteiger partial charge in [0.2, 0.25) is 0 Å². The third kappa shape index (κ3) is 4.59. The van der Waals surface area contributed by atoms with Gasteiger partial charge < -0.3 is 14.6 Å². The molecule has 1 heterocycles. The first-order chi connectivity index (χ1) is 11.4. The Labute approximate surface area is 149 Å². The third-order valence-corrected chi connectivity index (χ3v) is 3.67. The van der Waals surface area contributed by atoms with Crippen molar-refractivity contribution in [2.75, 3.05) is 12.5 Å². The fraction of sp³-hybridized carbons (Fsp3) is 0.188. The van der Waals surface area contributed by atoms with Crippen molar-refractivity contribution < 1.29 is 14.6 Å². The molecule has 0 spiro atoms. The number of hydrogen-bond acceptors (Lipinski definition) is 6. The molecule has 1 aromatic carbocycles. The maximum absolute atomic E-state index is 10.9. The molecule has 0 saturated heterocycles. The monoisotopic (exact) mass is 366 g/mol. The summed E-state index contributed by atoms with van der Waals surface area (Å²) < 4.78 is 5.15. The summed E-state index contributed by atoms with van der Waals surface area (Å²) in [5.74, 6) is -0.342. The average Bonchev–Trinajstić information content (AvgIpc) is 2.53. The van der Waals surface area contributed by atoms with Crippen molar-refractivity contribution in [3.05, 3.63) is 51.6 Å². The third-order valence-electron chi connectivity index (χ3n) is 3.17. The highest BCUT2D eigenvalue weighted by Gasteiger charge is 2.08. The van der Waals surface area contributed by atoms with E-state index in [1.807, 2.05) is 0 Å². The summed E-state index contributed by atoms with van der Waals surface area (Å²) in [4.78, 5) is 14.9. The van der Waals surface area contributed by atoms with Gasteiger partial charge in [-0.2, -0.15) is 5.10 Å². The molecular weight excluding hydrogens is 353 g/mol. The molecule has 8 heteroatoms. The molecular formula is C16H14Cl2N3O3-. The second-order valence-corrected chi connectivity index (χ2v) is 5.71. The minimum absolute atomic E-state index is 0.248. The number of halogens is 2. The lowest BCUT2D eigenvalue weighted by atomic mass is 10.0. The van der Waals surface area contributed by atoms with E-state index in [2.05, 4.69) is 15.5 Å². The van der Waals surface area contributed by atoms with E-state index in [9.17, 15) is 9.90 Å². The summed E-state index contributed by atoms with van der Waals surface area (Å²) in [6.07, 6.45) is 1.20. The number of carbonyl (C=O) groups excluding carboxylic acids is 1. The second kappa shape index (κ2) is 7.99. The number of hydrazone groups is 1. The summed E-state index contributed by atoms with van der Waals surface area (Å²) in [6.45, 7) is 1.77. The molecule has 126 valence electrons. The predicted molar refractivity (Wildman–Crippen MR) is 91.8 cm³/mol. The van der Waals surface area contributed by atoms with Gasteiger partial charge in [-0.1, -0.05) is 23.2 Å². The molecule has 0 atom stereocenters. The first kappa shape index (κ1) is 18.0. The van der Waals surface area contributed by atoms with E-state index in [1.54, 1.807) is 31.2 Å².